The van der Waals surface area contributed by atoms with E-state index in [1.807, 2.05) is 32.0 Å². The molecule has 8 nitrogen and oxygen atoms in total. The summed E-state index contributed by atoms with van der Waals surface area (Å²) in [5, 5.41) is 6.47. The van der Waals surface area contributed by atoms with Crippen molar-refractivity contribution in [2.45, 2.75) is 20.0 Å². The van der Waals surface area contributed by atoms with Crippen molar-refractivity contribution in [1.82, 2.24) is 10.7 Å². The quantitative estimate of drug-likeness (QED) is 0.487. The van der Waals surface area contributed by atoms with E-state index in [-0.39, 0.29) is 19.4 Å². The van der Waals surface area contributed by atoms with E-state index in [1.165, 1.54) is 6.21 Å². The molecule has 3 rings (SSSR count). The van der Waals surface area contributed by atoms with E-state index < -0.39 is 11.8 Å². The monoisotopic (exact) mass is 461 g/mol. The lowest BCUT2D eigenvalue weighted by Crippen LogP contribution is -2.34. The molecule has 0 saturated heterocycles. The summed E-state index contributed by atoms with van der Waals surface area (Å²) in [5.74, 6) is 0.873. The van der Waals surface area contributed by atoms with Gasteiger partial charge in [0.15, 0.2) is 11.5 Å². The molecule has 29 heavy (non-hydrogen) atoms. The number of carbonyl (C=O) groups is 2. The minimum absolute atomic E-state index is 0.00399. The van der Waals surface area contributed by atoms with Crippen molar-refractivity contribution in [2.24, 2.45) is 5.10 Å². The zero-order valence-electron chi connectivity index (χ0n) is 15.9. The van der Waals surface area contributed by atoms with Crippen molar-refractivity contribution in [3.05, 3.63) is 52.0 Å². The summed E-state index contributed by atoms with van der Waals surface area (Å²) >= 11 is 3.40. The number of hydrogen-bond acceptors (Lipinski definition) is 6. The first-order chi connectivity index (χ1) is 13.9. The Labute approximate surface area is 176 Å². The molecule has 1 aliphatic rings. The number of hydrogen-bond donors (Lipinski definition) is 2. The summed E-state index contributed by atoms with van der Waals surface area (Å²) in [6.45, 7) is 3.75. The van der Waals surface area contributed by atoms with Crippen molar-refractivity contribution in [2.75, 3.05) is 13.3 Å². The molecule has 0 bridgehead atoms. The minimum Gasteiger partial charge on any atom is -0.490 e. The van der Waals surface area contributed by atoms with Gasteiger partial charge in [0.1, 0.15) is 5.75 Å². The number of rotatable bonds is 7. The van der Waals surface area contributed by atoms with Crippen LogP contribution in [0.1, 0.15) is 29.8 Å². The third-order valence-corrected chi connectivity index (χ3v) is 4.26. The summed E-state index contributed by atoms with van der Waals surface area (Å²) < 4.78 is 17.0. The Morgan fingerprint density at radius 3 is 2.79 bits per heavy atom. The van der Waals surface area contributed by atoms with E-state index >= 15 is 0 Å². The summed E-state index contributed by atoms with van der Waals surface area (Å²) in [5.41, 5.74) is 3.46. The van der Waals surface area contributed by atoms with Crippen LogP contribution in [0.25, 0.3) is 0 Å². The van der Waals surface area contributed by atoms with Gasteiger partial charge in [0.25, 0.3) is 11.8 Å². The number of nitrogens with zero attached hydrogens (tertiary/aromatic N) is 1. The van der Waals surface area contributed by atoms with Crippen molar-refractivity contribution < 1.29 is 23.8 Å². The zero-order valence-corrected chi connectivity index (χ0v) is 17.5. The Morgan fingerprint density at radius 2 is 2.00 bits per heavy atom. The van der Waals surface area contributed by atoms with Crippen molar-refractivity contribution in [1.29, 1.82) is 0 Å². The third kappa shape index (κ3) is 5.71. The Bertz CT molecular complexity index is 946. The van der Waals surface area contributed by atoms with E-state index in [0.717, 1.165) is 4.47 Å². The molecule has 1 heterocycles. The van der Waals surface area contributed by atoms with Crippen molar-refractivity contribution in [3.8, 4) is 17.2 Å². The highest BCUT2D eigenvalue weighted by molar-refractivity contribution is 9.10. The predicted molar refractivity (Wildman–Crippen MR) is 111 cm³/mol. The van der Waals surface area contributed by atoms with Gasteiger partial charge in [0, 0.05) is 15.6 Å². The molecule has 0 unspecified atom stereocenters. The van der Waals surface area contributed by atoms with Gasteiger partial charge in [0.05, 0.1) is 18.9 Å². The zero-order chi connectivity index (χ0) is 20.8. The van der Waals surface area contributed by atoms with Gasteiger partial charge in [-0.3, -0.25) is 9.59 Å². The van der Waals surface area contributed by atoms with E-state index in [0.29, 0.717) is 28.4 Å². The van der Waals surface area contributed by atoms with Crippen LogP contribution in [0.15, 0.2) is 46.0 Å². The molecule has 0 aliphatic carbocycles. The number of benzene rings is 2. The molecular weight excluding hydrogens is 442 g/mol. The highest BCUT2D eigenvalue weighted by Crippen LogP contribution is 2.32. The van der Waals surface area contributed by atoms with Crippen LogP contribution >= 0.6 is 15.9 Å². The van der Waals surface area contributed by atoms with Gasteiger partial charge >= 0.3 is 0 Å². The minimum atomic E-state index is -0.461. The number of amides is 2. The molecule has 0 radical (unpaired) electrons. The molecule has 0 atom stereocenters. The summed E-state index contributed by atoms with van der Waals surface area (Å²) in [6, 6.07) is 10.3. The lowest BCUT2D eigenvalue weighted by molar-refractivity contribution is -0.120. The first-order valence-electron chi connectivity index (χ1n) is 8.88. The molecule has 0 saturated carbocycles. The van der Waals surface area contributed by atoms with Crippen LogP contribution in [-0.4, -0.2) is 37.5 Å². The average Bonchev–Trinajstić information content (AvgIpc) is 3.15. The van der Waals surface area contributed by atoms with Gasteiger partial charge < -0.3 is 19.5 Å². The lowest BCUT2D eigenvalue weighted by Gasteiger charge is -2.12. The standard InChI is InChI=1S/C20H20BrN3O5/c1-12(2)29-16-6-4-15(21)7-14(16)9-23-24-19(25)10-22-20(26)13-3-5-17-18(8-13)28-11-27-17/h3-9,12H,10-11H2,1-2H3,(H,22,26)(H,24,25)/b23-9-. The van der Waals surface area contributed by atoms with E-state index in [4.69, 9.17) is 14.2 Å². The largest absolute Gasteiger partial charge is 0.490 e. The first-order valence-corrected chi connectivity index (χ1v) is 9.67. The van der Waals surface area contributed by atoms with Gasteiger partial charge in [0.2, 0.25) is 6.79 Å². The molecule has 2 aromatic carbocycles. The Hall–Kier alpha value is -3.07. The molecule has 2 aromatic rings. The average molecular weight is 462 g/mol. The fraction of sp³-hybridized carbons (Fsp3) is 0.250. The number of halogens is 1. The van der Waals surface area contributed by atoms with Gasteiger partial charge in [-0.25, -0.2) is 5.43 Å². The summed E-state index contributed by atoms with van der Waals surface area (Å²) in [7, 11) is 0. The lowest BCUT2D eigenvalue weighted by atomic mass is 10.2. The molecule has 0 spiro atoms. The molecule has 1 aliphatic heterocycles. The Balaban J connectivity index is 1.52. The Kier molecular flexibility index (Phi) is 6.71. The first kappa shape index (κ1) is 20.7. The van der Waals surface area contributed by atoms with Crippen molar-refractivity contribution >= 4 is 34.0 Å². The highest BCUT2D eigenvalue weighted by Gasteiger charge is 2.16. The molecular formula is C20H20BrN3O5. The van der Waals surface area contributed by atoms with Gasteiger partial charge in [-0.1, -0.05) is 15.9 Å². The predicted octanol–water partition coefficient (Wildman–Crippen LogP) is 2.85. The second-order valence-electron chi connectivity index (χ2n) is 6.39. The van der Waals surface area contributed by atoms with Crippen LogP contribution in [0.2, 0.25) is 0 Å². The molecule has 9 heteroatoms. The maximum atomic E-state index is 12.2. The van der Waals surface area contributed by atoms with Gasteiger partial charge in [-0.15, -0.1) is 0 Å². The molecule has 2 N–H and O–H groups in total. The second kappa shape index (κ2) is 9.42. The summed E-state index contributed by atoms with van der Waals surface area (Å²) in [6.07, 6.45) is 1.49. The van der Waals surface area contributed by atoms with Crippen LogP contribution in [0, 0.1) is 0 Å². The SMILES string of the molecule is CC(C)Oc1ccc(Br)cc1/C=N\NC(=O)CNC(=O)c1ccc2c(c1)OCO2. The number of hydrazone groups is 1. The maximum absolute atomic E-state index is 12.2. The van der Waals surface area contributed by atoms with E-state index in [9.17, 15) is 9.59 Å². The molecule has 0 aromatic heterocycles. The topological polar surface area (TPSA) is 98.2 Å². The second-order valence-corrected chi connectivity index (χ2v) is 7.31. The van der Waals surface area contributed by atoms with E-state index in [2.05, 4.69) is 31.8 Å². The Morgan fingerprint density at radius 1 is 1.21 bits per heavy atom. The molecule has 2 amide bonds. The summed E-state index contributed by atoms with van der Waals surface area (Å²) in [4.78, 5) is 24.1. The van der Waals surface area contributed by atoms with Crippen LogP contribution in [0.4, 0.5) is 0 Å². The van der Waals surface area contributed by atoms with Crippen molar-refractivity contribution in [3.63, 3.8) is 0 Å². The highest BCUT2D eigenvalue weighted by atomic mass is 79.9. The fourth-order valence-corrected chi connectivity index (χ4v) is 2.87. The fourth-order valence-electron chi connectivity index (χ4n) is 2.50. The number of carbonyl (C=O) groups excluding carboxylic acids is 2. The van der Waals surface area contributed by atoms with Gasteiger partial charge in [-0.05, 0) is 50.2 Å². The normalized spacial score (nSPS) is 12.3. The van der Waals surface area contributed by atoms with Crippen LogP contribution in [-0.2, 0) is 4.79 Å². The number of ether oxygens (including phenoxy) is 3. The third-order valence-electron chi connectivity index (χ3n) is 3.77. The molecule has 152 valence electrons. The number of nitrogens with one attached hydrogen (secondary N) is 2. The maximum Gasteiger partial charge on any atom is 0.259 e. The number of fused-ring (bicyclic) bond motifs is 1. The smallest absolute Gasteiger partial charge is 0.259 e. The van der Waals surface area contributed by atoms with E-state index in [1.54, 1.807) is 18.2 Å². The van der Waals surface area contributed by atoms with Crippen LogP contribution < -0.4 is 25.0 Å². The van der Waals surface area contributed by atoms with Crippen LogP contribution in [0.3, 0.4) is 0 Å². The van der Waals surface area contributed by atoms with Gasteiger partial charge in [-0.2, -0.15) is 5.10 Å². The molecule has 0 fully saturated rings. The van der Waals surface area contributed by atoms with Crippen LogP contribution in [0.5, 0.6) is 17.2 Å².